The number of likely N-dealkylation sites (tertiary alicyclic amines) is 1. The molecule has 4 rings (SSSR count). The van der Waals surface area contributed by atoms with Crippen molar-refractivity contribution in [1.29, 1.82) is 0 Å². The molecule has 0 radical (unpaired) electrons. The molecule has 3 aromatic rings. The van der Waals surface area contributed by atoms with Gasteiger partial charge in [-0.25, -0.2) is 0 Å². The number of carbonyl (C=O) groups is 2. The van der Waals surface area contributed by atoms with Crippen LogP contribution in [0.25, 0.3) is 0 Å². The predicted molar refractivity (Wildman–Crippen MR) is 119 cm³/mol. The van der Waals surface area contributed by atoms with Gasteiger partial charge in [0.1, 0.15) is 0 Å². The number of halogens is 1. The molecule has 1 unspecified atom stereocenters. The average molecular weight is 467 g/mol. The van der Waals surface area contributed by atoms with E-state index in [0.29, 0.717) is 16.8 Å². The second-order valence-corrected chi connectivity index (χ2v) is 8.31. The number of benzene rings is 2. The van der Waals surface area contributed by atoms with Gasteiger partial charge in [-0.15, -0.1) is 0 Å². The molecular formula is C24H23BrN2O3. The molecule has 0 aliphatic carbocycles. The zero-order valence-corrected chi connectivity index (χ0v) is 18.3. The van der Waals surface area contributed by atoms with Crippen LogP contribution in [0.4, 0.5) is 5.69 Å². The molecule has 1 saturated heterocycles. The molecule has 1 aliphatic rings. The molecule has 6 heteroatoms. The zero-order chi connectivity index (χ0) is 21.1. The molecule has 2 amide bonds. The van der Waals surface area contributed by atoms with E-state index in [-0.39, 0.29) is 23.6 Å². The minimum absolute atomic E-state index is 0.137. The van der Waals surface area contributed by atoms with Crippen molar-refractivity contribution in [2.75, 3.05) is 11.9 Å². The zero-order valence-electron chi connectivity index (χ0n) is 16.7. The summed E-state index contributed by atoms with van der Waals surface area (Å²) < 4.78 is 5.77. The van der Waals surface area contributed by atoms with E-state index < -0.39 is 0 Å². The summed E-state index contributed by atoms with van der Waals surface area (Å²) in [4.78, 5) is 27.2. The molecular weight excluding hydrogens is 444 g/mol. The number of nitrogens with one attached hydrogen (secondary N) is 1. The molecule has 2 heterocycles. The molecule has 1 fully saturated rings. The smallest absolute Gasteiger partial charge is 0.291 e. The summed E-state index contributed by atoms with van der Waals surface area (Å²) in [7, 11) is 0. The van der Waals surface area contributed by atoms with Crippen molar-refractivity contribution < 1.29 is 14.0 Å². The SMILES string of the molecule is Cc1ccccc1C1CCCN1C(=O)Cc1ccc(NC(=O)c2ccc(Br)o2)cc1. The number of carbonyl (C=O) groups excluding carboxylic acids is 2. The monoisotopic (exact) mass is 466 g/mol. The minimum atomic E-state index is -0.317. The molecule has 0 bridgehead atoms. The molecule has 1 aliphatic heterocycles. The van der Waals surface area contributed by atoms with Crippen LogP contribution in [0.15, 0.2) is 69.8 Å². The van der Waals surface area contributed by atoms with E-state index in [2.05, 4.69) is 40.3 Å². The highest BCUT2D eigenvalue weighted by atomic mass is 79.9. The molecule has 0 saturated carbocycles. The van der Waals surface area contributed by atoms with E-state index in [0.717, 1.165) is 24.9 Å². The third-order valence-corrected chi connectivity index (χ3v) is 5.91. The lowest BCUT2D eigenvalue weighted by Crippen LogP contribution is -2.32. The van der Waals surface area contributed by atoms with Crippen LogP contribution in [0.5, 0.6) is 0 Å². The molecule has 30 heavy (non-hydrogen) atoms. The Morgan fingerprint density at radius 1 is 1.10 bits per heavy atom. The second-order valence-electron chi connectivity index (χ2n) is 7.53. The van der Waals surface area contributed by atoms with Crippen LogP contribution in [0.3, 0.4) is 0 Å². The largest absolute Gasteiger partial charge is 0.444 e. The van der Waals surface area contributed by atoms with Gasteiger partial charge < -0.3 is 14.6 Å². The molecule has 1 N–H and O–H groups in total. The van der Waals surface area contributed by atoms with Crippen molar-refractivity contribution in [3.05, 3.63) is 87.8 Å². The van der Waals surface area contributed by atoms with Crippen LogP contribution in [-0.2, 0) is 11.2 Å². The number of hydrogen-bond acceptors (Lipinski definition) is 3. The van der Waals surface area contributed by atoms with Crippen molar-refractivity contribution in [2.24, 2.45) is 0 Å². The van der Waals surface area contributed by atoms with Crippen molar-refractivity contribution in [3.8, 4) is 0 Å². The maximum Gasteiger partial charge on any atom is 0.291 e. The lowest BCUT2D eigenvalue weighted by Gasteiger charge is -2.26. The quantitative estimate of drug-likeness (QED) is 0.539. The van der Waals surface area contributed by atoms with Gasteiger partial charge in [-0.3, -0.25) is 9.59 Å². The number of amides is 2. The first-order chi connectivity index (χ1) is 14.5. The maximum atomic E-state index is 13.0. The van der Waals surface area contributed by atoms with Gasteiger partial charge in [0.2, 0.25) is 5.91 Å². The number of nitrogens with zero attached hydrogens (tertiary/aromatic N) is 1. The first-order valence-corrected chi connectivity index (χ1v) is 10.8. The highest BCUT2D eigenvalue weighted by Gasteiger charge is 2.30. The third kappa shape index (κ3) is 4.49. The first kappa shape index (κ1) is 20.4. The predicted octanol–water partition coefficient (Wildman–Crippen LogP) is 5.51. The van der Waals surface area contributed by atoms with Crippen LogP contribution in [0.2, 0.25) is 0 Å². The first-order valence-electron chi connectivity index (χ1n) is 10.0. The fraction of sp³-hybridized carbons (Fsp3) is 0.250. The third-order valence-electron chi connectivity index (χ3n) is 5.48. The van der Waals surface area contributed by atoms with Crippen molar-refractivity contribution in [3.63, 3.8) is 0 Å². The van der Waals surface area contributed by atoms with Gasteiger partial charge >= 0.3 is 0 Å². The second kappa shape index (κ2) is 8.88. The van der Waals surface area contributed by atoms with Crippen molar-refractivity contribution in [2.45, 2.75) is 32.2 Å². The molecule has 5 nitrogen and oxygen atoms in total. The van der Waals surface area contributed by atoms with E-state index in [9.17, 15) is 9.59 Å². The van der Waals surface area contributed by atoms with Gasteiger partial charge in [-0.05, 0) is 76.7 Å². The van der Waals surface area contributed by atoms with E-state index in [4.69, 9.17) is 4.42 Å². The minimum Gasteiger partial charge on any atom is -0.444 e. The topological polar surface area (TPSA) is 62.6 Å². The van der Waals surface area contributed by atoms with E-state index >= 15 is 0 Å². The number of anilines is 1. The van der Waals surface area contributed by atoms with Gasteiger partial charge in [0.05, 0.1) is 12.5 Å². The van der Waals surface area contributed by atoms with Crippen LogP contribution in [-0.4, -0.2) is 23.3 Å². The Hall–Kier alpha value is -2.86. The summed E-state index contributed by atoms with van der Waals surface area (Å²) >= 11 is 3.19. The van der Waals surface area contributed by atoms with Crippen LogP contribution >= 0.6 is 15.9 Å². The Bertz CT molecular complexity index is 1060. The lowest BCUT2D eigenvalue weighted by atomic mass is 9.99. The fourth-order valence-electron chi connectivity index (χ4n) is 3.96. The Balaban J connectivity index is 1.40. The summed E-state index contributed by atoms with van der Waals surface area (Å²) in [6.07, 6.45) is 2.38. The maximum absolute atomic E-state index is 13.0. The van der Waals surface area contributed by atoms with Gasteiger partial charge in [0.25, 0.3) is 5.91 Å². The highest BCUT2D eigenvalue weighted by Crippen LogP contribution is 2.34. The van der Waals surface area contributed by atoms with Gasteiger partial charge in [0, 0.05) is 12.2 Å². The summed E-state index contributed by atoms with van der Waals surface area (Å²) in [6, 6.07) is 19.1. The normalized spacial score (nSPS) is 15.9. The number of furan rings is 1. The standard InChI is InChI=1S/C24H23BrN2O3/c1-16-5-2-3-6-19(16)20-7-4-14-27(20)23(28)15-17-8-10-18(11-9-17)26-24(29)21-12-13-22(25)30-21/h2-3,5-6,8-13,20H,4,7,14-15H2,1H3,(H,26,29). The van der Waals surface area contributed by atoms with Crippen LogP contribution < -0.4 is 5.32 Å². The van der Waals surface area contributed by atoms with E-state index in [1.807, 2.05) is 29.2 Å². The Morgan fingerprint density at radius 2 is 1.87 bits per heavy atom. The number of aryl methyl sites for hydroxylation is 1. The summed E-state index contributed by atoms with van der Waals surface area (Å²) in [5.74, 6) is 0.0538. The molecule has 154 valence electrons. The molecule has 1 atom stereocenters. The summed E-state index contributed by atoms with van der Waals surface area (Å²) in [5, 5.41) is 2.79. The van der Waals surface area contributed by atoms with E-state index in [1.165, 1.54) is 11.1 Å². The molecule has 1 aromatic heterocycles. The number of hydrogen-bond donors (Lipinski definition) is 1. The molecule has 0 spiro atoms. The van der Waals surface area contributed by atoms with Crippen molar-refractivity contribution >= 4 is 33.4 Å². The summed E-state index contributed by atoms with van der Waals surface area (Å²) in [6.45, 7) is 2.90. The highest BCUT2D eigenvalue weighted by molar-refractivity contribution is 9.10. The van der Waals surface area contributed by atoms with Gasteiger partial charge in [-0.1, -0.05) is 36.4 Å². The van der Waals surface area contributed by atoms with Gasteiger partial charge in [-0.2, -0.15) is 0 Å². The fourth-order valence-corrected chi connectivity index (χ4v) is 4.27. The lowest BCUT2D eigenvalue weighted by molar-refractivity contribution is -0.131. The van der Waals surface area contributed by atoms with Crippen LogP contribution in [0, 0.1) is 6.92 Å². The molecule has 2 aromatic carbocycles. The van der Waals surface area contributed by atoms with Crippen molar-refractivity contribution in [1.82, 2.24) is 4.90 Å². The van der Waals surface area contributed by atoms with E-state index in [1.54, 1.807) is 24.3 Å². The average Bonchev–Trinajstić information content (AvgIpc) is 3.39. The Kier molecular flexibility index (Phi) is 6.04. The Labute approximate surface area is 184 Å². The van der Waals surface area contributed by atoms with Crippen LogP contribution in [0.1, 0.15) is 46.1 Å². The Morgan fingerprint density at radius 3 is 2.57 bits per heavy atom. The van der Waals surface area contributed by atoms with Gasteiger partial charge in [0.15, 0.2) is 10.4 Å². The number of rotatable bonds is 5. The summed E-state index contributed by atoms with van der Waals surface area (Å²) in [5.41, 5.74) is 4.05.